The van der Waals surface area contributed by atoms with E-state index in [4.69, 9.17) is 11.6 Å². The van der Waals surface area contributed by atoms with Crippen LogP contribution < -0.4 is 0 Å². The molecule has 0 aliphatic heterocycles. The second kappa shape index (κ2) is 7.12. The molecule has 0 radical (unpaired) electrons. The van der Waals surface area contributed by atoms with E-state index >= 15 is 0 Å². The van der Waals surface area contributed by atoms with E-state index in [1.54, 1.807) is 19.2 Å². The maximum absolute atomic E-state index is 12.2. The molecule has 0 spiro atoms. The molecule has 1 aromatic carbocycles. The Labute approximate surface area is 115 Å². The minimum Gasteiger partial charge on any atom is -0.207 e. The first-order valence-electron chi connectivity index (χ1n) is 6.13. The van der Waals surface area contributed by atoms with E-state index in [1.807, 2.05) is 19.1 Å². The van der Waals surface area contributed by atoms with Crippen LogP contribution in [0.15, 0.2) is 29.2 Å². The molecule has 0 unspecified atom stereocenters. The van der Waals surface area contributed by atoms with E-state index in [9.17, 15) is 8.42 Å². The Morgan fingerprint density at radius 3 is 2.33 bits per heavy atom. The Balaban J connectivity index is 2.84. The Bertz CT molecular complexity index is 456. The maximum atomic E-state index is 12.2. The molecular weight excluding hydrogens is 270 g/mol. The van der Waals surface area contributed by atoms with Crippen molar-refractivity contribution < 1.29 is 8.42 Å². The fourth-order valence-electron chi connectivity index (χ4n) is 1.62. The van der Waals surface area contributed by atoms with Gasteiger partial charge in [-0.05, 0) is 30.5 Å². The topological polar surface area (TPSA) is 37.4 Å². The van der Waals surface area contributed by atoms with Crippen molar-refractivity contribution in [2.24, 2.45) is 0 Å². The Kier molecular flexibility index (Phi) is 6.12. The number of sulfonamides is 1. The van der Waals surface area contributed by atoms with Crippen molar-refractivity contribution in [2.45, 2.75) is 31.1 Å². The van der Waals surface area contributed by atoms with Crippen LogP contribution in [-0.4, -0.2) is 32.2 Å². The van der Waals surface area contributed by atoms with E-state index < -0.39 is 10.0 Å². The lowest BCUT2D eigenvalue weighted by Crippen LogP contribution is -2.27. The molecular formula is C13H20ClNO2S. The lowest BCUT2D eigenvalue weighted by Gasteiger charge is -2.16. The van der Waals surface area contributed by atoms with Gasteiger partial charge in [0, 0.05) is 19.5 Å². The standard InChI is InChI=1S/C13H20ClNO2S/c1-3-4-11-15(2)18(16,17)13-7-5-12(6-8-13)9-10-14/h5-8H,3-4,9-11H2,1-2H3. The van der Waals surface area contributed by atoms with Crippen LogP contribution in [0.1, 0.15) is 25.3 Å². The number of unbranched alkanes of at least 4 members (excludes halogenated alkanes) is 1. The minimum atomic E-state index is -3.34. The lowest BCUT2D eigenvalue weighted by atomic mass is 10.2. The molecule has 0 fully saturated rings. The fourth-order valence-corrected chi connectivity index (χ4v) is 3.05. The molecule has 0 aromatic heterocycles. The number of alkyl halides is 1. The zero-order valence-corrected chi connectivity index (χ0v) is 12.5. The predicted octanol–water partition coefficient (Wildman–Crippen LogP) is 2.89. The molecule has 0 saturated carbocycles. The normalized spacial score (nSPS) is 12.0. The Hall–Kier alpha value is -0.580. The smallest absolute Gasteiger partial charge is 0.207 e. The van der Waals surface area contributed by atoms with Crippen LogP contribution >= 0.6 is 11.6 Å². The molecule has 0 bridgehead atoms. The van der Waals surface area contributed by atoms with Gasteiger partial charge in [-0.2, -0.15) is 0 Å². The van der Waals surface area contributed by atoms with Crippen LogP contribution in [0.5, 0.6) is 0 Å². The monoisotopic (exact) mass is 289 g/mol. The molecule has 0 aliphatic rings. The summed E-state index contributed by atoms with van der Waals surface area (Å²) in [6, 6.07) is 6.95. The highest BCUT2D eigenvalue weighted by atomic mass is 35.5. The van der Waals surface area contributed by atoms with E-state index in [0.29, 0.717) is 17.3 Å². The number of nitrogens with zero attached hydrogens (tertiary/aromatic N) is 1. The average molecular weight is 290 g/mol. The quantitative estimate of drug-likeness (QED) is 0.724. The molecule has 5 heteroatoms. The van der Waals surface area contributed by atoms with Crippen LogP contribution in [0.3, 0.4) is 0 Å². The molecule has 0 heterocycles. The van der Waals surface area contributed by atoms with E-state index in [-0.39, 0.29) is 0 Å². The van der Waals surface area contributed by atoms with Crippen molar-refractivity contribution in [3.05, 3.63) is 29.8 Å². The van der Waals surface area contributed by atoms with Crippen LogP contribution in [0.2, 0.25) is 0 Å². The first kappa shape index (κ1) is 15.5. The van der Waals surface area contributed by atoms with Crippen LogP contribution in [0, 0.1) is 0 Å². The van der Waals surface area contributed by atoms with Gasteiger partial charge in [-0.1, -0.05) is 25.5 Å². The summed E-state index contributed by atoms with van der Waals surface area (Å²) >= 11 is 5.65. The van der Waals surface area contributed by atoms with Crippen molar-refractivity contribution in [3.63, 3.8) is 0 Å². The van der Waals surface area contributed by atoms with Gasteiger partial charge in [0.2, 0.25) is 10.0 Å². The summed E-state index contributed by atoms with van der Waals surface area (Å²) in [7, 11) is -1.72. The summed E-state index contributed by atoms with van der Waals surface area (Å²) in [5.41, 5.74) is 1.06. The third-order valence-electron chi connectivity index (χ3n) is 2.84. The SMILES string of the molecule is CCCCN(C)S(=O)(=O)c1ccc(CCCl)cc1. The molecule has 1 rings (SSSR count). The van der Waals surface area contributed by atoms with Gasteiger partial charge in [0.15, 0.2) is 0 Å². The van der Waals surface area contributed by atoms with Gasteiger partial charge in [0.1, 0.15) is 0 Å². The van der Waals surface area contributed by atoms with Crippen molar-refractivity contribution in [3.8, 4) is 0 Å². The van der Waals surface area contributed by atoms with Gasteiger partial charge in [-0.15, -0.1) is 11.6 Å². The molecule has 0 N–H and O–H groups in total. The summed E-state index contributed by atoms with van der Waals surface area (Å²) in [6.45, 7) is 2.60. The van der Waals surface area contributed by atoms with Gasteiger partial charge < -0.3 is 0 Å². The molecule has 0 aliphatic carbocycles. The number of benzene rings is 1. The number of aryl methyl sites for hydroxylation is 1. The predicted molar refractivity (Wildman–Crippen MR) is 75.6 cm³/mol. The molecule has 3 nitrogen and oxygen atoms in total. The molecule has 0 atom stereocenters. The average Bonchev–Trinajstić information content (AvgIpc) is 2.37. The van der Waals surface area contributed by atoms with Crippen molar-refractivity contribution in [1.29, 1.82) is 0 Å². The second-order valence-corrected chi connectivity index (χ2v) is 6.69. The van der Waals surface area contributed by atoms with E-state index in [1.165, 1.54) is 4.31 Å². The molecule has 0 saturated heterocycles. The zero-order valence-electron chi connectivity index (χ0n) is 10.9. The third kappa shape index (κ3) is 3.97. The molecule has 0 amide bonds. The fraction of sp³-hybridized carbons (Fsp3) is 0.538. The van der Waals surface area contributed by atoms with Crippen molar-refractivity contribution in [2.75, 3.05) is 19.5 Å². The maximum Gasteiger partial charge on any atom is 0.242 e. The second-order valence-electron chi connectivity index (χ2n) is 4.26. The van der Waals surface area contributed by atoms with Crippen LogP contribution in [0.25, 0.3) is 0 Å². The first-order chi connectivity index (χ1) is 8.52. The summed E-state index contributed by atoms with van der Waals surface area (Å²) in [6.07, 6.45) is 2.61. The Morgan fingerprint density at radius 2 is 1.83 bits per heavy atom. The minimum absolute atomic E-state index is 0.347. The molecule has 102 valence electrons. The summed E-state index contributed by atoms with van der Waals surface area (Å²) in [5, 5.41) is 0. The summed E-state index contributed by atoms with van der Waals surface area (Å²) in [5.74, 6) is 0.544. The van der Waals surface area contributed by atoms with Gasteiger partial charge in [-0.25, -0.2) is 12.7 Å². The van der Waals surface area contributed by atoms with Gasteiger partial charge in [0.25, 0.3) is 0 Å². The number of hydrogen-bond acceptors (Lipinski definition) is 2. The Morgan fingerprint density at radius 1 is 1.22 bits per heavy atom. The highest BCUT2D eigenvalue weighted by Crippen LogP contribution is 2.16. The highest BCUT2D eigenvalue weighted by Gasteiger charge is 2.19. The molecule has 1 aromatic rings. The molecule has 18 heavy (non-hydrogen) atoms. The van der Waals surface area contributed by atoms with E-state index in [2.05, 4.69) is 0 Å². The number of hydrogen-bond donors (Lipinski definition) is 0. The van der Waals surface area contributed by atoms with Gasteiger partial charge in [-0.3, -0.25) is 0 Å². The lowest BCUT2D eigenvalue weighted by molar-refractivity contribution is 0.459. The highest BCUT2D eigenvalue weighted by molar-refractivity contribution is 7.89. The largest absolute Gasteiger partial charge is 0.242 e. The van der Waals surface area contributed by atoms with Gasteiger partial charge in [0.05, 0.1) is 4.90 Å². The first-order valence-corrected chi connectivity index (χ1v) is 8.11. The summed E-state index contributed by atoms with van der Waals surface area (Å²) < 4.78 is 25.8. The summed E-state index contributed by atoms with van der Waals surface area (Å²) in [4.78, 5) is 0.347. The zero-order chi connectivity index (χ0) is 13.6. The number of rotatable bonds is 7. The van der Waals surface area contributed by atoms with Crippen molar-refractivity contribution >= 4 is 21.6 Å². The van der Waals surface area contributed by atoms with Crippen molar-refractivity contribution in [1.82, 2.24) is 4.31 Å². The van der Waals surface area contributed by atoms with E-state index in [0.717, 1.165) is 24.8 Å². The van der Waals surface area contributed by atoms with Gasteiger partial charge >= 0.3 is 0 Å². The number of halogens is 1. The third-order valence-corrected chi connectivity index (χ3v) is 4.90. The van der Waals surface area contributed by atoms with Crippen LogP contribution in [-0.2, 0) is 16.4 Å². The van der Waals surface area contributed by atoms with Crippen LogP contribution in [0.4, 0.5) is 0 Å².